The van der Waals surface area contributed by atoms with Crippen molar-refractivity contribution in [2.24, 2.45) is 0 Å². The second kappa shape index (κ2) is 7.74. The molecule has 0 spiro atoms. The van der Waals surface area contributed by atoms with Crippen molar-refractivity contribution in [3.8, 4) is 22.6 Å². The average molecular weight is 473 g/mol. The minimum Gasteiger partial charge on any atom is -0.455 e. The number of aromatic nitrogens is 2. The van der Waals surface area contributed by atoms with Crippen molar-refractivity contribution in [3.63, 3.8) is 0 Å². The van der Waals surface area contributed by atoms with Crippen molar-refractivity contribution >= 4 is 54.3 Å². The van der Waals surface area contributed by atoms with Gasteiger partial charge in [0.1, 0.15) is 11.2 Å². The van der Waals surface area contributed by atoms with Crippen molar-refractivity contribution in [1.82, 2.24) is 9.97 Å². The van der Waals surface area contributed by atoms with Crippen molar-refractivity contribution in [2.75, 3.05) is 0 Å². The van der Waals surface area contributed by atoms with Crippen molar-refractivity contribution in [1.29, 1.82) is 0 Å². The van der Waals surface area contributed by atoms with E-state index in [2.05, 4.69) is 89.9 Å². The molecule has 37 heavy (non-hydrogen) atoms. The van der Waals surface area contributed by atoms with E-state index in [0.29, 0.717) is 5.82 Å². The van der Waals surface area contributed by atoms with Gasteiger partial charge in [0.25, 0.3) is 0 Å². The highest BCUT2D eigenvalue weighted by atomic mass is 16.3. The second-order valence-electron chi connectivity index (χ2n) is 9.40. The number of furan rings is 1. The Bertz CT molecular complexity index is 2140. The zero-order valence-electron chi connectivity index (χ0n) is 19.8. The van der Waals surface area contributed by atoms with Crippen LogP contribution in [0.3, 0.4) is 0 Å². The van der Waals surface area contributed by atoms with Gasteiger partial charge in [-0.2, -0.15) is 0 Å². The molecule has 6 aromatic carbocycles. The van der Waals surface area contributed by atoms with Crippen LogP contribution in [0.5, 0.6) is 0 Å². The first-order chi connectivity index (χ1) is 18.3. The Kier molecular flexibility index (Phi) is 4.23. The van der Waals surface area contributed by atoms with E-state index < -0.39 is 0 Å². The van der Waals surface area contributed by atoms with E-state index in [1.54, 1.807) is 0 Å². The smallest absolute Gasteiger partial charge is 0.163 e. The Balaban J connectivity index is 1.43. The molecule has 8 rings (SSSR count). The van der Waals surface area contributed by atoms with Crippen LogP contribution in [-0.4, -0.2) is 9.97 Å². The third-order valence-corrected chi connectivity index (χ3v) is 7.33. The summed E-state index contributed by atoms with van der Waals surface area (Å²) in [5.74, 6) is 0.659. The van der Waals surface area contributed by atoms with Gasteiger partial charge >= 0.3 is 0 Å². The molecular weight excluding hydrogens is 452 g/mol. The van der Waals surface area contributed by atoms with E-state index in [1.807, 2.05) is 36.5 Å². The fraction of sp³-hybridized carbons (Fsp3) is 0. The second-order valence-corrected chi connectivity index (χ2v) is 9.40. The lowest BCUT2D eigenvalue weighted by atomic mass is 9.93. The van der Waals surface area contributed by atoms with Crippen LogP contribution in [0.2, 0.25) is 0 Å². The molecule has 0 aliphatic heterocycles. The number of para-hydroxylation sites is 1. The Morgan fingerprint density at radius 1 is 0.486 bits per heavy atom. The first-order valence-corrected chi connectivity index (χ1v) is 12.4. The first-order valence-electron chi connectivity index (χ1n) is 12.4. The van der Waals surface area contributed by atoms with Gasteiger partial charge in [-0.1, -0.05) is 91.0 Å². The van der Waals surface area contributed by atoms with Crippen LogP contribution in [0, 0.1) is 0 Å². The van der Waals surface area contributed by atoms with Gasteiger partial charge in [-0.3, -0.25) is 0 Å². The lowest BCUT2D eigenvalue weighted by Gasteiger charge is -2.10. The lowest BCUT2D eigenvalue weighted by Crippen LogP contribution is -1.91. The molecule has 0 saturated carbocycles. The zero-order valence-corrected chi connectivity index (χ0v) is 19.8. The van der Waals surface area contributed by atoms with Crippen molar-refractivity contribution < 1.29 is 4.42 Å². The summed E-state index contributed by atoms with van der Waals surface area (Å²) >= 11 is 0. The molecule has 0 bridgehead atoms. The fourth-order valence-corrected chi connectivity index (χ4v) is 5.63. The van der Waals surface area contributed by atoms with Gasteiger partial charge in [-0.15, -0.1) is 0 Å². The first kappa shape index (κ1) is 20.2. The summed E-state index contributed by atoms with van der Waals surface area (Å²) in [5, 5.41) is 9.61. The maximum atomic E-state index is 6.57. The average Bonchev–Trinajstić information content (AvgIpc) is 3.35. The highest BCUT2D eigenvalue weighted by Crippen LogP contribution is 2.41. The van der Waals surface area contributed by atoms with E-state index in [0.717, 1.165) is 38.8 Å². The molecule has 3 nitrogen and oxygen atoms in total. The van der Waals surface area contributed by atoms with E-state index in [-0.39, 0.29) is 0 Å². The largest absolute Gasteiger partial charge is 0.455 e. The number of nitrogens with zero attached hydrogens (tertiary/aromatic N) is 2. The summed E-state index contributed by atoms with van der Waals surface area (Å²) in [4.78, 5) is 9.52. The number of benzene rings is 6. The van der Waals surface area contributed by atoms with Crippen LogP contribution < -0.4 is 0 Å². The minimum atomic E-state index is 0.659. The van der Waals surface area contributed by atoms with Gasteiger partial charge in [-0.05, 0) is 56.6 Å². The third-order valence-electron chi connectivity index (χ3n) is 7.33. The number of hydrogen-bond donors (Lipinski definition) is 0. The number of hydrogen-bond acceptors (Lipinski definition) is 3. The Morgan fingerprint density at radius 3 is 1.84 bits per heavy atom. The molecule has 2 aromatic heterocycles. The van der Waals surface area contributed by atoms with Crippen LogP contribution >= 0.6 is 0 Å². The summed E-state index contributed by atoms with van der Waals surface area (Å²) < 4.78 is 6.57. The molecule has 2 heterocycles. The maximum Gasteiger partial charge on any atom is 0.163 e. The Hall–Kier alpha value is -5.02. The lowest BCUT2D eigenvalue weighted by molar-refractivity contribution is 0.670. The molecule has 3 heteroatoms. The van der Waals surface area contributed by atoms with Gasteiger partial charge in [-0.25, -0.2) is 9.97 Å². The molecule has 0 unspecified atom stereocenters. The monoisotopic (exact) mass is 472 g/mol. The van der Waals surface area contributed by atoms with E-state index in [9.17, 15) is 0 Å². The normalized spacial score (nSPS) is 11.8. The summed E-state index contributed by atoms with van der Waals surface area (Å²) in [6, 6.07) is 40.1. The van der Waals surface area contributed by atoms with Gasteiger partial charge < -0.3 is 4.42 Å². The van der Waals surface area contributed by atoms with Gasteiger partial charge in [0.2, 0.25) is 0 Å². The number of fused-ring (bicyclic) bond motifs is 9. The molecule has 8 aromatic rings. The quantitative estimate of drug-likeness (QED) is 0.235. The van der Waals surface area contributed by atoms with Crippen molar-refractivity contribution in [3.05, 3.63) is 121 Å². The van der Waals surface area contributed by atoms with Crippen LogP contribution in [-0.2, 0) is 0 Å². The molecule has 0 aliphatic carbocycles. The summed E-state index contributed by atoms with van der Waals surface area (Å²) in [6.07, 6.45) is 1.82. The maximum absolute atomic E-state index is 6.57. The van der Waals surface area contributed by atoms with Crippen LogP contribution in [0.25, 0.3) is 76.9 Å². The van der Waals surface area contributed by atoms with Crippen LogP contribution in [0.15, 0.2) is 126 Å². The summed E-state index contributed by atoms with van der Waals surface area (Å²) in [7, 11) is 0. The highest BCUT2D eigenvalue weighted by molar-refractivity contribution is 6.28. The SMILES string of the molecule is c1ccc(-c2ccnc(-c3cccc4c3oc3cc5c6ccccc6c6ccccc6c5cc34)n2)cc1. The standard InChI is InChI=1S/C34H20N2O/c1-2-9-21(10-3-1)31-17-18-35-34(36-31)27-16-8-15-26-30-19-28-24-13-6-4-11-22(24)23-12-5-7-14-25(23)29(28)20-32(30)37-33(26)27/h1-20H. The van der Waals surface area contributed by atoms with Gasteiger partial charge in [0.05, 0.1) is 11.3 Å². The molecular formula is C34H20N2O. The Morgan fingerprint density at radius 2 is 1.11 bits per heavy atom. The van der Waals surface area contributed by atoms with E-state index in [1.165, 1.54) is 32.3 Å². The molecule has 0 aliphatic rings. The highest BCUT2D eigenvalue weighted by Gasteiger charge is 2.17. The molecule has 0 saturated heterocycles. The number of rotatable bonds is 2. The summed E-state index contributed by atoms with van der Waals surface area (Å²) in [6.45, 7) is 0. The molecule has 0 radical (unpaired) electrons. The summed E-state index contributed by atoms with van der Waals surface area (Å²) in [5.41, 5.74) is 4.53. The van der Waals surface area contributed by atoms with Gasteiger partial charge in [0, 0.05) is 22.5 Å². The minimum absolute atomic E-state index is 0.659. The predicted octanol–water partition coefficient (Wildman–Crippen LogP) is 9.17. The molecule has 172 valence electrons. The topological polar surface area (TPSA) is 38.9 Å². The molecule has 0 atom stereocenters. The predicted molar refractivity (Wildman–Crippen MR) is 153 cm³/mol. The molecule has 0 N–H and O–H groups in total. The van der Waals surface area contributed by atoms with E-state index >= 15 is 0 Å². The molecule has 0 fully saturated rings. The van der Waals surface area contributed by atoms with Gasteiger partial charge in [0.15, 0.2) is 5.82 Å². The van der Waals surface area contributed by atoms with Crippen molar-refractivity contribution in [2.45, 2.75) is 0 Å². The Labute approximate surface area is 212 Å². The van der Waals surface area contributed by atoms with E-state index in [4.69, 9.17) is 9.40 Å². The molecule has 0 amide bonds. The fourth-order valence-electron chi connectivity index (χ4n) is 5.63. The third kappa shape index (κ3) is 3.01. The van der Waals surface area contributed by atoms with Crippen LogP contribution in [0.1, 0.15) is 0 Å². The zero-order chi connectivity index (χ0) is 24.3. The van der Waals surface area contributed by atoms with Crippen LogP contribution in [0.4, 0.5) is 0 Å².